The maximum absolute atomic E-state index is 11.3. The van der Waals surface area contributed by atoms with Gasteiger partial charge in [-0.1, -0.05) is 57.9 Å². The van der Waals surface area contributed by atoms with Gasteiger partial charge in [0.15, 0.2) is 0 Å². The second-order valence-electron chi connectivity index (χ2n) is 13.1. The molecule has 2 N–H and O–H groups in total. The van der Waals surface area contributed by atoms with Crippen LogP contribution in [0, 0.1) is 45.8 Å². The molecule has 4 aliphatic carbocycles. The van der Waals surface area contributed by atoms with Crippen LogP contribution < -0.4 is 0 Å². The molecule has 31 heavy (non-hydrogen) atoms. The van der Waals surface area contributed by atoms with E-state index in [-0.39, 0.29) is 10.8 Å². The second-order valence-corrected chi connectivity index (χ2v) is 13.1. The average molecular weight is 429 g/mol. The predicted octanol–water partition coefficient (Wildman–Crippen LogP) is 6.92. The highest BCUT2D eigenvalue weighted by Gasteiger charge is 2.63. The monoisotopic (exact) mass is 428 g/mol. The Labute approximate surface area is 191 Å². The molecule has 0 amide bonds. The maximum atomic E-state index is 11.3. The standard InChI is InChI=1S/C29H48O2/c1-18(2)9-8-10-19(3)21-12-13-22-20-11-14-24-27(4,5)25(30)17-26(31)29(24,7)23(20)15-16-28(21,22)6/h9,14,19-23,25-26,30-31H,8,10-13,15-17H2,1-7H3/t19-,20+,21-,22+,23+,25-,26-,28-,29-/m1/s1. The summed E-state index contributed by atoms with van der Waals surface area (Å²) in [7, 11) is 0. The summed E-state index contributed by atoms with van der Waals surface area (Å²) < 4.78 is 0. The van der Waals surface area contributed by atoms with Gasteiger partial charge in [0.25, 0.3) is 0 Å². The fourth-order valence-corrected chi connectivity index (χ4v) is 9.16. The molecule has 176 valence electrons. The molecule has 2 nitrogen and oxygen atoms in total. The minimum Gasteiger partial charge on any atom is -0.392 e. The third-order valence-electron chi connectivity index (χ3n) is 11.0. The topological polar surface area (TPSA) is 40.5 Å². The van der Waals surface area contributed by atoms with E-state index >= 15 is 0 Å². The third kappa shape index (κ3) is 3.50. The van der Waals surface area contributed by atoms with Gasteiger partial charge in [-0.3, -0.25) is 0 Å². The molecule has 0 aliphatic heterocycles. The number of allylic oxidation sites excluding steroid dienone is 3. The van der Waals surface area contributed by atoms with E-state index < -0.39 is 12.2 Å². The largest absolute Gasteiger partial charge is 0.392 e. The normalized spacial score (nSPS) is 46.9. The Kier molecular flexibility index (Phi) is 6.09. The van der Waals surface area contributed by atoms with Gasteiger partial charge in [0.05, 0.1) is 12.2 Å². The molecule has 2 heteroatoms. The van der Waals surface area contributed by atoms with Gasteiger partial charge in [-0.15, -0.1) is 0 Å². The number of rotatable bonds is 4. The molecule has 0 heterocycles. The first kappa shape index (κ1) is 23.6. The SMILES string of the molecule is CC(C)=CCC[C@@H](C)[C@H]1CC[C@H]2[C@@H]3CC=C4C(C)(C)[C@H](O)C[C@@H](O)[C@]4(C)[C@H]3CC[C@]12C. The van der Waals surface area contributed by atoms with E-state index in [0.717, 1.165) is 24.2 Å². The van der Waals surface area contributed by atoms with Crippen LogP contribution in [0.2, 0.25) is 0 Å². The van der Waals surface area contributed by atoms with Crippen molar-refractivity contribution in [3.05, 3.63) is 23.3 Å². The fraction of sp³-hybridized carbons (Fsp3) is 0.862. The van der Waals surface area contributed by atoms with Gasteiger partial charge in [0.1, 0.15) is 0 Å². The first-order valence-electron chi connectivity index (χ1n) is 13.1. The van der Waals surface area contributed by atoms with Crippen LogP contribution in [0.1, 0.15) is 99.8 Å². The van der Waals surface area contributed by atoms with Gasteiger partial charge in [-0.2, -0.15) is 0 Å². The Bertz CT molecular complexity index is 744. The van der Waals surface area contributed by atoms with Crippen molar-refractivity contribution in [2.75, 3.05) is 0 Å². The van der Waals surface area contributed by atoms with Crippen LogP contribution in [0.15, 0.2) is 23.3 Å². The van der Waals surface area contributed by atoms with E-state index in [1.807, 2.05) is 0 Å². The zero-order chi connectivity index (χ0) is 22.8. The molecule has 0 bridgehead atoms. The Morgan fingerprint density at radius 3 is 2.45 bits per heavy atom. The smallest absolute Gasteiger partial charge is 0.0658 e. The van der Waals surface area contributed by atoms with Gasteiger partial charge in [0.2, 0.25) is 0 Å². The molecular formula is C29H48O2. The Morgan fingerprint density at radius 1 is 1.06 bits per heavy atom. The zero-order valence-corrected chi connectivity index (χ0v) is 21.2. The molecule has 3 fully saturated rings. The number of aliphatic hydroxyl groups is 2. The lowest BCUT2D eigenvalue weighted by Crippen LogP contribution is -2.60. The molecule has 9 atom stereocenters. The molecule has 0 aromatic rings. The maximum Gasteiger partial charge on any atom is 0.0658 e. The molecule has 0 aromatic heterocycles. The van der Waals surface area contributed by atoms with Gasteiger partial charge in [-0.05, 0) is 93.8 Å². The first-order chi connectivity index (χ1) is 14.4. The lowest BCUT2D eigenvalue weighted by Gasteiger charge is -2.62. The van der Waals surface area contributed by atoms with Crippen molar-refractivity contribution >= 4 is 0 Å². The average Bonchev–Trinajstić information content (AvgIpc) is 3.04. The molecule has 0 spiro atoms. The predicted molar refractivity (Wildman–Crippen MR) is 130 cm³/mol. The van der Waals surface area contributed by atoms with E-state index in [0.29, 0.717) is 23.7 Å². The minimum atomic E-state index is -0.440. The number of hydrogen-bond donors (Lipinski definition) is 2. The van der Waals surface area contributed by atoms with Crippen LogP contribution in [-0.4, -0.2) is 22.4 Å². The fourth-order valence-electron chi connectivity index (χ4n) is 9.16. The number of fused-ring (bicyclic) bond motifs is 5. The van der Waals surface area contributed by atoms with Crippen molar-refractivity contribution in [3.8, 4) is 0 Å². The second kappa shape index (κ2) is 8.01. The summed E-state index contributed by atoms with van der Waals surface area (Å²) in [5.41, 5.74) is 2.86. The lowest BCUT2D eigenvalue weighted by atomic mass is 9.43. The third-order valence-corrected chi connectivity index (χ3v) is 11.0. The van der Waals surface area contributed by atoms with E-state index in [2.05, 4.69) is 60.6 Å². The van der Waals surface area contributed by atoms with Crippen LogP contribution in [-0.2, 0) is 0 Å². The highest BCUT2D eigenvalue weighted by molar-refractivity contribution is 5.33. The summed E-state index contributed by atoms with van der Waals surface area (Å²) in [6.45, 7) is 16.3. The van der Waals surface area contributed by atoms with E-state index in [1.54, 1.807) is 0 Å². The highest BCUT2D eigenvalue weighted by Crippen LogP contribution is 2.68. The van der Waals surface area contributed by atoms with Crippen molar-refractivity contribution in [3.63, 3.8) is 0 Å². The van der Waals surface area contributed by atoms with Crippen molar-refractivity contribution in [1.29, 1.82) is 0 Å². The van der Waals surface area contributed by atoms with Crippen LogP contribution in [0.25, 0.3) is 0 Å². The summed E-state index contributed by atoms with van der Waals surface area (Å²) in [6, 6.07) is 0. The van der Waals surface area contributed by atoms with Gasteiger partial charge >= 0.3 is 0 Å². The van der Waals surface area contributed by atoms with Crippen LogP contribution in [0.5, 0.6) is 0 Å². The van der Waals surface area contributed by atoms with Gasteiger partial charge in [0, 0.05) is 17.3 Å². The molecule has 0 unspecified atom stereocenters. The van der Waals surface area contributed by atoms with Crippen molar-refractivity contribution in [1.82, 2.24) is 0 Å². The van der Waals surface area contributed by atoms with E-state index in [1.165, 1.54) is 49.7 Å². The van der Waals surface area contributed by atoms with Crippen LogP contribution in [0.3, 0.4) is 0 Å². The minimum absolute atomic E-state index is 0.167. The van der Waals surface area contributed by atoms with Crippen LogP contribution >= 0.6 is 0 Å². The van der Waals surface area contributed by atoms with Crippen LogP contribution in [0.4, 0.5) is 0 Å². The molecule has 4 aliphatic rings. The molecule has 4 rings (SSSR count). The molecule has 3 saturated carbocycles. The van der Waals surface area contributed by atoms with Crippen molar-refractivity contribution in [2.24, 2.45) is 45.8 Å². The molecule has 0 radical (unpaired) electrons. The summed E-state index contributed by atoms with van der Waals surface area (Å²) >= 11 is 0. The summed E-state index contributed by atoms with van der Waals surface area (Å²) in [6.07, 6.45) is 13.6. The van der Waals surface area contributed by atoms with E-state index in [9.17, 15) is 10.2 Å². The Morgan fingerprint density at radius 2 is 1.77 bits per heavy atom. The first-order valence-corrected chi connectivity index (χ1v) is 13.1. The Balaban J connectivity index is 1.59. The van der Waals surface area contributed by atoms with E-state index in [4.69, 9.17) is 0 Å². The number of hydrogen-bond acceptors (Lipinski definition) is 2. The molecule has 0 aromatic carbocycles. The number of aliphatic hydroxyl groups excluding tert-OH is 2. The highest BCUT2D eigenvalue weighted by atomic mass is 16.3. The zero-order valence-electron chi connectivity index (χ0n) is 21.2. The molecular weight excluding hydrogens is 380 g/mol. The van der Waals surface area contributed by atoms with Crippen molar-refractivity contribution < 1.29 is 10.2 Å². The van der Waals surface area contributed by atoms with Gasteiger partial charge < -0.3 is 10.2 Å². The summed E-state index contributed by atoms with van der Waals surface area (Å²) in [5.74, 6) is 3.69. The lowest BCUT2D eigenvalue weighted by molar-refractivity contribution is -0.133. The summed E-state index contributed by atoms with van der Waals surface area (Å²) in [5, 5.41) is 22.0. The summed E-state index contributed by atoms with van der Waals surface area (Å²) in [4.78, 5) is 0. The quantitative estimate of drug-likeness (QED) is 0.477. The Hall–Kier alpha value is -0.600. The van der Waals surface area contributed by atoms with Gasteiger partial charge in [-0.25, -0.2) is 0 Å². The molecule has 0 saturated heterocycles. The van der Waals surface area contributed by atoms with Crippen molar-refractivity contribution in [2.45, 2.75) is 112 Å².